The zero-order valence-corrected chi connectivity index (χ0v) is 23.2. The van der Waals surface area contributed by atoms with Crippen LogP contribution in [0.5, 0.6) is 11.5 Å². The number of carbonyl (C=O) groups is 1. The summed E-state index contributed by atoms with van der Waals surface area (Å²) in [6.07, 6.45) is 2.48. The first-order valence-electron chi connectivity index (χ1n) is 13.8. The number of aromatic nitrogens is 4. The Balaban J connectivity index is 1.30. The van der Waals surface area contributed by atoms with Crippen molar-refractivity contribution in [3.63, 3.8) is 0 Å². The molecule has 4 aromatic rings. The lowest BCUT2D eigenvalue weighted by molar-refractivity contribution is -0.384. The van der Waals surface area contributed by atoms with E-state index < -0.39 is 4.92 Å². The number of hydrogen-bond acceptors (Lipinski definition) is 10. The predicted octanol–water partition coefficient (Wildman–Crippen LogP) is 3.37. The molecular weight excluding hydrogens is 542 g/mol. The number of amides is 2. The smallest absolute Gasteiger partial charge is 0.317 e. The Kier molecular flexibility index (Phi) is 7.58. The molecule has 0 bridgehead atoms. The van der Waals surface area contributed by atoms with Gasteiger partial charge in [0.2, 0.25) is 12.7 Å². The van der Waals surface area contributed by atoms with Crippen molar-refractivity contribution in [1.82, 2.24) is 29.7 Å². The number of nitrogens with zero attached hydrogens (tertiary/aromatic N) is 7. The second-order valence-electron chi connectivity index (χ2n) is 10.0. The number of rotatable bonds is 8. The van der Waals surface area contributed by atoms with Crippen molar-refractivity contribution in [2.24, 2.45) is 0 Å². The summed E-state index contributed by atoms with van der Waals surface area (Å²) in [5.74, 6) is 2.55. The average Bonchev–Trinajstić information content (AvgIpc) is 3.55. The summed E-state index contributed by atoms with van der Waals surface area (Å²) in [6.45, 7) is 6.08. The monoisotopic (exact) mass is 573 g/mol. The average molecular weight is 574 g/mol. The van der Waals surface area contributed by atoms with Crippen molar-refractivity contribution in [3.8, 4) is 11.5 Å². The Morgan fingerprint density at radius 3 is 2.64 bits per heavy atom. The van der Waals surface area contributed by atoms with Gasteiger partial charge in [-0.2, -0.15) is 9.97 Å². The van der Waals surface area contributed by atoms with Crippen LogP contribution in [0, 0.1) is 10.1 Å². The molecule has 2 aromatic carbocycles. The van der Waals surface area contributed by atoms with Gasteiger partial charge < -0.3 is 34.5 Å². The molecular formula is C28H31N9O5. The van der Waals surface area contributed by atoms with E-state index in [1.165, 1.54) is 12.1 Å². The molecule has 0 unspecified atom stereocenters. The minimum Gasteiger partial charge on any atom is -0.454 e. The fourth-order valence-corrected chi connectivity index (χ4v) is 5.05. The molecule has 0 aliphatic carbocycles. The number of hydrogen-bond donors (Lipinski definition) is 2. The van der Waals surface area contributed by atoms with Crippen molar-refractivity contribution >= 4 is 34.6 Å². The van der Waals surface area contributed by atoms with Gasteiger partial charge in [-0.3, -0.25) is 10.1 Å². The molecule has 0 saturated carbocycles. The number of ether oxygens (including phenoxy) is 2. The highest BCUT2D eigenvalue weighted by atomic mass is 16.7. The molecule has 0 spiro atoms. The molecule has 2 amide bonds. The quantitative estimate of drug-likeness (QED) is 0.237. The normalized spacial score (nSPS) is 14.6. The van der Waals surface area contributed by atoms with E-state index in [0.717, 1.165) is 23.3 Å². The van der Waals surface area contributed by atoms with E-state index in [2.05, 4.69) is 20.5 Å². The van der Waals surface area contributed by atoms with Crippen LogP contribution in [0.15, 0.2) is 48.8 Å². The number of carbonyl (C=O) groups excluding carboxylic acids is 1. The Morgan fingerprint density at radius 1 is 1.02 bits per heavy atom. The standard InChI is InChI=1S/C28H31N9O5/c1-2-29-28(38)35-11-3-10-34(12-13-35)27-32-25(30-15-20-6-9-22-23(14-20)42-18-41-22)24-26(33-27)36(17-31-24)16-19-4-7-21(8-5-19)37(39)40/h4-9,14,17H,2-3,10-13,15-16,18H2,1H3,(H,29,38)(H,30,32,33). The van der Waals surface area contributed by atoms with Crippen LogP contribution in [0.4, 0.5) is 22.2 Å². The van der Waals surface area contributed by atoms with Gasteiger partial charge in [-0.05, 0) is 36.6 Å². The first-order valence-corrected chi connectivity index (χ1v) is 13.8. The van der Waals surface area contributed by atoms with Crippen LogP contribution in [-0.2, 0) is 13.1 Å². The number of urea groups is 1. The molecule has 2 N–H and O–H groups in total. The number of nitro groups is 1. The summed E-state index contributed by atoms with van der Waals surface area (Å²) < 4.78 is 12.9. The number of imidazole rings is 1. The second-order valence-corrected chi connectivity index (χ2v) is 10.0. The maximum atomic E-state index is 12.4. The van der Waals surface area contributed by atoms with Gasteiger partial charge in [0, 0.05) is 51.4 Å². The number of fused-ring (bicyclic) bond motifs is 2. The van der Waals surface area contributed by atoms with Crippen molar-refractivity contribution in [1.29, 1.82) is 0 Å². The largest absolute Gasteiger partial charge is 0.454 e. The minimum absolute atomic E-state index is 0.0386. The van der Waals surface area contributed by atoms with Crippen LogP contribution in [0.1, 0.15) is 24.5 Å². The summed E-state index contributed by atoms with van der Waals surface area (Å²) in [7, 11) is 0. The summed E-state index contributed by atoms with van der Waals surface area (Å²) in [4.78, 5) is 41.5. The first-order chi connectivity index (χ1) is 20.5. The van der Waals surface area contributed by atoms with Gasteiger partial charge in [0.15, 0.2) is 28.5 Å². The van der Waals surface area contributed by atoms with Gasteiger partial charge in [-0.15, -0.1) is 0 Å². The van der Waals surface area contributed by atoms with Gasteiger partial charge in [-0.25, -0.2) is 9.78 Å². The van der Waals surface area contributed by atoms with Crippen LogP contribution in [0.2, 0.25) is 0 Å². The molecule has 2 aliphatic heterocycles. The highest BCUT2D eigenvalue weighted by Crippen LogP contribution is 2.33. The maximum absolute atomic E-state index is 12.4. The SMILES string of the molecule is CCNC(=O)N1CCCN(c2nc(NCc3ccc4c(c3)OCO4)c3ncn(Cc4ccc([N+](=O)[O-])cc4)c3n2)CC1. The van der Waals surface area contributed by atoms with E-state index in [1.807, 2.05) is 34.6 Å². The molecule has 4 heterocycles. The van der Waals surface area contributed by atoms with Crippen LogP contribution in [-0.4, -0.2) is 74.9 Å². The van der Waals surface area contributed by atoms with Crippen molar-refractivity contribution in [2.75, 3.05) is 49.7 Å². The van der Waals surface area contributed by atoms with Crippen LogP contribution in [0.25, 0.3) is 11.2 Å². The maximum Gasteiger partial charge on any atom is 0.317 e. The molecule has 14 heteroatoms. The third kappa shape index (κ3) is 5.68. The molecule has 1 fully saturated rings. The summed E-state index contributed by atoms with van der Waals surface area (Å²) >= 11 is 0. The van der Waals surface area contributed by atoms with E-state index in [4.69, 9.17) is 19.4 Å². The predicted molar refractivity (Wildman–Crippen MR) is 155 cm³/mol. The fourth-order valence-electron chi connectivity index (χ4n) is 5.05. The Hall–Kier alpha value is -5.14. The van der Waals surface area contributed by atoms with Crippen molar-refractivity contribution < 1.29 is 19.2 Å². The van der Waals surface area contributed by atoms with Gasteiger partial charge in [-0.1, -0.05) is 18.2 Å². The van der Waals surface area contributed by atoms with Crippen molar-refractivity contribution in [2.45, 2.75) is 26.4 Å². The van der Waals surface area contributed by atoms with E-state index in [1.54, 1.807) is 18.5 Å². The zero-order valence-electron chi connectivity index (χ0n) is 23.2. The van der Waals surface area contributed by atoms with Gasteiger partial charge in [0.1, 0.15) is 0 Å². The van der Waals surface area contributed by atoms with Gasteiger partial charge in [0.25, 0.3) is 5.69 Å². The topological polar surface area (TPSA) is 153 Å². The lowest BCUT2D eigenvalue weighted by Crippen LogP contribution is -2.42. The molecule has 14 nitrogen and oxygen atoms in total. The fraction of sp³-hybridized carbons (Fsp3) is 0.357. The molecule has 0 atom stereocenters. The number of anilines is 2. The highest BCUT2D eigenvalue weighted by Gasteiger charge is 2.23. The molecule has 0 radical (unpaired) electrons. The van der Waals surface area contributed by atoms with Gasteiger partial charge in [0.05, 0.1) is 17.8 Å². The first kappa shape index (κ1) is 27.1. The number of non-ortho nitro benzene ring substituents is 1. The Morgan fingerprint density at radius 2 is 1.83 bits per heavy atom. The third-order valence-corrected chi connectivity index (χ3v) is 7.24. The molecule has 6 rings (SSSR count). The lowest BCUT2D eigenvalue weighted by Gasteiger charge is -2.23. The highest BCUT2D eigenvalue weighted by molar-refractivity contribution is 5.84. The number of nitrogens with one attached hydrogen (secondary N) is 2. The van der Waals surface area contributed by atoms with Crippen LogP contribution in [0.3, 0.4) is 0 Å². The van der Waals surface area contributed by atoms with E-state index in [0.29, 0.717) is 74.5 Å². The Labute approximate surface area is 241 Å². The van der Waals surface area contributed by atoms with Gasteiger partial charge >= 0.3 is 6.03 Å². The van der Waals surface area contributed by atoms with Crippen LogP contribution < -0.4 is 25.0 Å². The molecule has 1 saturated heterocycles. The molecule has 2 aliphatic rings. The third-order valence-electron chi connectivity index (χ3n) is 7.24. The van der Waals surface area contributed by atoms with E-state index >= 15 is 0 Å². The summed E-state index contributed by atoms with van der Waals surface area (Å²) in [5.41, 5.74) is 3.15. The number of nitro benzene ring substituents is 1. The minimum atomic E-state index is -0.414. The molecule has 2 aromatic heterocycles. The molecule has 218 valence electrons. The zero-order chi connectivity index (χ0) is 29.1. The molecule has 42 heavy (non-hydrogen) atoms. The lowest BCUT2D eigenvalue weighted by atomic mass is 10.2. The van der Waals surface area contributed by atoms with E-state index in [9.17, 15) is 14.9 Å². The number of benzene rings is 2. The van der Waals surface area contributed by atoms with Crippen molar-refractivity contribution in [3.05, 3.63) is 70.0 Å². The van der Waals surface area contributed by atoms with Crippen LogP contribution >= 0.6 is 0 Å². The summed E-state index contributed by atoms with van der Waals surface area (Å²) in [6, 6.07) is 12.2. The Bertz CT molecular complexity index is 1610. The second kappa shape index (κ2) is 11.8. The summed E-state index contributed by atoms with van der Waals surface area (Å²) in [5, 5.41) is 17.4. The van der Waals surface area contributed by atoms with E-state index in [-0.39, 0.29) is 18.5 Å².